The molecule has 3 heterocycles. The first-order valence-corrected chi connectivity index (χ1v) is 9.18. The quantitative estimate of drug-likeness (QED) is 0.511. The fourth-order valence-electron chi connectivity index (χ4n) is 2.47. The Morgan fingerprint density at radius 2 is 1.81 bits per heavy atom. The van der Waals surface area contributed by atoms with Gasteiger partial charge >= 0.3 is 6.18 Å². The third-order valence-electron chi connectivity index (χ3n) is 3.64. The molecule has 0 unspecified atom stereocenters. The topological polar surface area (TPSA) is 118 Å². The van der Waals surface area contributed by atoms with Crippen LogP contribution in [0.15, 0.2) is 36.5 Å². The first kappa shape index (κ1) is 21.9. The van der Waals surface area contributed by atoms with Crippen molar-refractivity contribution in [3.05, 3.63) is 42.2 Å². The van der Waals surface area contributed by atoms with Crippen LogP contribution in [0.5, 0.6) is 0 Å². The number of rotatable bonds is 6. The molecule has 12 heteroatoms. The zero-order valence-electron chi connectivity index (χ0n) is 16.8. The Bertz CT molecular complexity index is 1100. The predicted molar refractivity (Wildman–Crippen MR) is 115 cm³/mol. The summed E-state index contributed by atoms with van der Waals surface area (Å²) in [7, 11) is 0. The van der Waals surface area contributed by atoms with Crippen LogP contribution < -0.4 is 16.0 Å². The van der Waals surface area contributed by atoms with Crippen LogP contribution in [0.25, 0.3) is 11.5 Å². The summed E-state index contributed by atoms with van der Waals surface area (Å²) in [6.45, 7) is 5.11. The molecule has 3 rings (SSSR count). The van der Waals surface area contributed by atoms with Crippen molar-refractivity contribution in [3.63, 3.8) is 0 Å². The summed E-state index contributed by atoms with van der Waals surface area (Å²) in [4.78, 5) is 31.7. The van der Waals surface area contributed by atoms with Crippen LogP contribution in [0, 0.1) is 0 Å². The van der Waals surface area contributed by atoms with Crippen LogP contribution >= 0.6 is 0 Å². The van der Waals surface area contributed by atoms with E-state index in [1.165, 1.54) is 13.0 Å². The number of nitrogens with zero attached hydrogens (tertiary/aromatic N) is 5. The molecule has 0 saturated carbocycles. The van der Waals surface area contributed by atoms with Crippen molar-refractivity contribution < 1.29 is 22.2 Å². The monoisotopic (exact) mass is 438 g/mol. The summed E-state index contributed by atoms with van der Waals surface area (Å²) in [6, 6.07) is 7.11. The Kier molecular flexibility index (Phi) is 6.28. The Balaban J connectivity index is 0.00000363. The molecular weight excluding hydrogens is 413 g/mol. The summed E-state index contributed by atoms with van der Waals surface area (Å²) in [5, 5.41) is 8.35. The zero-order valence-corrected chi connectivity index (χ0v) is 16.8. The average Bonchev–Trinajstić information content (AvgIpc) is 2.66. The molecule has 168 valence electrons. The van der Waals surface area contributed by atoms with Gasteiger partial charge in [-0.1, -0.05) is 6.07 Å². The van der Waals surface area contributed by atoms with Crippen LogP contribution in [0.3, 0.4) is 0 Å². The minimum Gasteiger partial charge on any atom is -0.352 e. The van der Waals surface area contributed by atoms with Gasteiger partial charge in [-0.2, -0.15) is 28.1 Å². The maximum absolute atomic E-state index is 12.9. The van der Waals surface area contributed by atoms with E-state index in [1.54, 1.807) is 18.2 Å². The Labute approximate surface area is 180 Å². The summed E-state index contributed by atoms with van der Waals surface area (Å²) in [5.41, 5.74) is -0.596. The smallest absolute Gasteiger partial charge is 0.352 e. The van der Waals surface area contributed by atoms with Gasteiger partial charge in [-0.15, -0.1) is 0 Å². The van der Waals surface area contributed by atoms with E-state index in [0.29, 0.717) is 11.5 Å². The fourth-order valence-corrected chi connectivity index (χ4v) is 2.47. The molecule has 0 spiro atoms. The third kappa shape index (κ3) is 6.07. The minimum absolute atomic E-state index is 0. The number of halogens is 3. The lowest BCUT2D eigenvalue weighted by atomic mass is 10.3. The maximum Gasteiger partial charge on any atom is 0.433 e. The Hall–Kier alpha value is -3.83. The van der Waals surface area contributed by atoms with E-state index < -0.39 is 11.9 Å². The SMILES string of the molecule is CC(=O)Nc1cccc(-c2nc(Nc3ccnc(C(F)(F)F)c3)nc(NC(C)C)n2)n1.[HH].[HH].[HH]. The van der Waals surface area contributed by atoms with Gasteiger partial charge in [-0.25, -0.2) is 4.98 Å². The first-order chi connectivity index (χ1) is 14.6. The lowest BCUT2D eigenvalue weighted by Crippen LogP contribution is -2.15. The maximum atomic E-state index is 12.9. The number of aromatic nitrogens is 5. The molecule has 9 nitrogen and oxygen atoms in total. The van der Waals surface area contributed by atoms with Gasteiger partial charge in [0.15, 0.2) is 5.82 Å². The van der Waals surface area contributed by atoms with Gasteiger partial charge in [0, 0.05) is 29.1 Å². The van der Waals surface area contributed by atoms with Crippen molar-refractivity contribution in [3.8, 4) is 11.5 Å². The molecular formula is C19H25F3N8O. The van der Waals surface area contributed by atoms with E-state index >= 15 is 0 Å². The van der Waals surface area contributed by atoms with E-state index in [-0.39, 0.29) is 39.6 Å². The molecule has 0 atom stereocenters. The molecule has 31 heavy (non-hydrogen) atoms. The van der Waals surface area contributed by atoms with Gasteiger partial charge in [-0.3, -0.25) is 9.78 Å². The first-order valence-electron chi connectivity index (χ1n) is 9.18. The van der Waals surface area contributed by atoms with Crippen molar-refractivity contribution in [2.75, 3.05) is 16.0 Å². The fraction of sp³-hybridized carbons (Fsp3) is 0.263. The van der Waals surface area contributed by atoms with Crippen LogP contribution in [-0.4, -0.2) is 36.9 Å². The van der Waals surface area contributed by atoms with E-state index in [0.717, 1.165) is 12.3 Å². The zero-order chi connectivity index (χ0) is 22.6. The number of anilines is 4. The summed E-state index contributed by atoms with van der Waals surface area (Å²) in [5.74, 6) is 0.404. The lowest BCUT2D eigenvalue weighted by Gasteiger charge is -2.13. The van der Waals surface area contributed by atoms with Crippen molar-refractivity contribution >= 4 is 29.3 Å². The Morgan fingerprint density at radius 3 is 2.48 bits per heavy atom. The molecule has 3 N–H and O–H groups in total. The molecule has 0 aliphatic carbocycles. The van der Waals surface area contributed by atoms with Crippen molar-refractivity contribution in [2.24, 2.45) is 0 Å². The highest BCUT2D eigenvalue weighted by Gasteiger charge is 2.32. The summed E-state index contributed by atoms with van der Waals surface area (Å²) in [6.07, 6.45) is -3.54. The molecule has 0 bridgehead atoms. The number of carbonyl (C=O) groups is 1. The van der Waals surface area contributed by atoms with Crippen molar-refractivity contribution in [1.82, 2.24) is 24.9 Å². The summed E-state index contributed by atoms with van der Waals surface area (Å²) < 4.78 is 38.8. The lowest BCUT2D eigenvalue weighted by molar-refractivity contribution is -0.141. The van der Waals surface area contributed by atoms with Gasteiger partial charge < -0.3 is 16.0 Å². The Morgan fingerprint density at radius 1 is 1.06 bits per heavy atom. The molecule has 0 aliphatic heterocycles. The van der Waals surface area contributed by atoms with E-state index in [9.17, 15) is 18.0 Å². The van der Waals surface area contributed by atoms with E-state index in [1.807, 2.05) is 13.8 Å². The second kappa shape index (κ2) is 8.90. The van der Waals surface area contributed by atoms with Crippen LogP contribution in [0.1, 0.15) is 30.7 Å². The minimum atomic E-state index is -4.58. The molecule has 0 radical (unpaired) electrons. The number of pyridine rings is 2. The highest BCUT2D eigenvalue weighted by atomic mass is 19.4. The average molecular weight is 438 g/mol. The van der Waals surface area contributed by atoms with Gasteiger partial charge in [0.25, 0.3) is 0 Å². The second-order valence-corrected chi connectivity index (χ2v) is 6.75. The van der Waals surface area contributed by atoms with Gasteiger partial charge in [0.05, 0.1) is 0 Å². The summed E-state index contributed by atoms with van der Waals surface area (Å²) >= 11 is 0. The molecule has 1 amide bonds. The number of hydrogen-bond acceptors (Lipinski definition) is 8. The van der Waals surface area contributed by atoms with Crippen molar-refractivity contribution in [2.45, 2.75) is 33.0 Å². The second-order valence-electron chi connectivity index (χ2n) is 6.75. The van der Waals surface area contributed by atoms with Crippen LogP contribution in [0.4, 0.5) is 36.6 Å². The molecule has 3 aromatic heterocycles. The number of carbonyl (C=O) groups excluding carboxylic acids is 1. The van der Waals surface area contributed by atoms with Crippen molar-refractivity contribution in [1.29, 1.82) is 0 Å². The van der Waals surface area contributed by atoms with Crippen LogP contribution in [0.2, 0.25) is 0 Å². The molecule has 0 saturated heterocycles. The van der Waals surface area contributed by atoms with Crippen LogP contribution in [-0.2, 0) is 11.0 Å². The number of alkyl halides is 3. The number of nitrogens with one attached hydrogen (secondary N) is 3. The standard InChI is InChI=1S/C19H19F3N8O.3H2/c1-10(2)24-17-28-16(13-5-4-6-15(27-13)25-11(3)31)29-18(30-17)26-12-7-8-23-14(9-12)19(20,21)22;;;/h4-10H,1-3H3,(H,25,27,31)(H2,23,24,26,28,29,30);3*1H. The normalized spacial score (nSPS) is 11.3. The predicted octanol–water partition coefficient (Wildman–Crippen LogP) is 4.61. The highest BCUT2D eigenvalue weighted by Crippen LogP contribution is 2.29. The van der Waals surface area contributed by atoms with Gasteiger partial charge in [0.1, 0.15) is 17.2 Å². The molecule has 0 fully saturated rings. The molecule has 0 aromatic carbocycles. The van der Waals surface area contributed by atoms with E-state index in [2.05, 4.69) is 40.9 Å². The molecule has 0 aliphatic rings. The van der Waals surface area contributed by atoms with Gasteiger partial charge in [-0.05, 0) is 38.1 Å². The largest absolute Gasteiger partial charge is 0.433 e. The van der Waals surface area contributed by atoms with Gasteiger partial charge in [0.2, 0.25) is 17.8 Å². The molecule has 3 aromatic rings. The third-order valence-corrected chi connectivity index (χ3v) is 3.64. The highest BCUT2D eigenvalue weighted by molar-refractivity contribution is 5.87. The van der Waals surface area contributed by atoms with E-state index in [4.69, 9.17) is 0 Å². The number of amides is 1. The number of hydrogen-bond donors (Lipinski definition) is 3.